The van der Waals surface area contributed by atoms with Crippen LogP contribution < -0.4 is 16.0 Å². The zero-order valence-corrected chi connectivity index (χ0v) is 82.8. The number of Topliss-reactive ketones (excluding diaryl/α,β-unsaturated/α-hetero) is 3. The summed E-state index contributed by atoms with van der Waals surface area (Å²) in [4.78, 5) is 95.3. The van der Waals surface area contributed by atoms with Crippen molar-refractivity contribution in [3.63, 3.8) is 0 Å². The number of aliphatic hydroxyl groups excluding tert-OH is 4. The van der Waals surface area contributed by atoms with Crippen LogP contribution in [0.15, 0.2) is 32.9 Å². The van der Waals surface area contributed by atoms with E-state index < -0.39 is 81.2 Å². The van der Waals surface area contributed by atoms with Gasteiger partial charge in [-0.05, 0) is 190 Å². The van der Waals surface area contributed by atoms with Gasteiger partial charge in [-0.1, -0.05) is 144 Å². The maximum Gasteiger partial charge on any atom is 0.223 e. The monoisotopic (exact) mass is 1750 g/mol. The fraction of sp³-hybridized carbons (Fsp3) is 0.774. The maximum atomic E-state index is 14.1. The van der Waals surface area contributed by atoms with Crippen molar-refractivity contribution in [2.75, 3.05) is 0 Å². The average Bonchev–Trinajstić information content (AvgIpc) is 1.64. The smallest absolute Gasteiger partial charge is 0.223 e. The van der Waals surface area contributed by atoms with Crippen LogP contribution in [0.1, 0.15) is 295 Å². The third kappa shape index (κ3) is 26.6. The van der Waals surface area contributed by atoms with Crippen LogP contribution >= 0.6 is 34.0 Å². The van der Waals surface area contributed by atoms with E-state index in [1.807, 2.05) is 117 Å². The normalized spacial score (nSPS) is 35.1. The topological polar surface area (TPSA) is 314 Å². The van der Waals surface area contributed by atoms with Gasteiger partial charge in [-0.2, -0.15) is 0 Å². The lowest BCUT2D eigenvalue weighted by atomic mass is 9.72. The first-order valence-corrected chi connectivity index (χ1v) is 52.5. The number of nitrogens with one attached hydrogen (secondary N) is 3. The van der Waals surface area contributed by atoms with Crippen molar-refractivity contribution in [1.82, 2.24) is 30.9 Å². The van der Waals surface area contributed by atoms with Gasteiger partial charge in [0.05, 0.1) is 152 Å². The Morgan fingerprint density at radius 3 is 1.04 bits per heavy atom. The highest BCUT2D eigenvalue weighted by Crippen LogP contribution is 2.50. The van der Waals surface area contributed by atoms with Crippen molar-refractivity contribution in [3.05, 3.63) is 65.0 Å². The Kier molecular flexibility index (Phi) is 34.2. The Labute approximate surface area is 728 Å². The van der Waals surface area contributed by atoms with Crippen LogP contribution in [0.2, 0.25) is 36.3 Å². The van der Waals surface area contributed by atoms with Crippen molar-refractivity contribution in [2.24, 2.45) is 51.8 Å². The highest BCUT2D eigenvalue weighted by atomic mass is 32.1. The zero-order valence-electron chi connectivity index (χ0n) is 78.3. The van der Waals surface area contributed by atoms with Gasteiger partial charge in [0.15, 0.2) is 16.6 Å². The molecule has 6 aliphatic rings. The number of aliphatic hydroxyl groups is 4. The van der Waals surface area contributed by atoms with Gasteiger partial charge in [0.1, 0.15) is 17.3 Å². The van der Waals surface area contributed by atoms with E-state index in [9.17, 15) is 49.2 Å². The summed E-state index contributed by atoms with van der Waals surface area (Å²) in [5.41, 5.74) is 1.62. The van der Waals surface area contributed by atoms with Crippen LogP contribution in [0.4, 0.5) is 0 Å². The average molecular weight is 1750 g/mol. The molecule has 3 aromatic heterocycles. The number of nitrogens with zero attached hydrogens (tertiary/aromatic N) is 3. The number of ether oxygens (including phenoxy) is 3. The molecule has 0 radical (unpaired) electrons. The first kappa shape index (κ1) is 102. The van der Waals surface area contributed by atoms with Crippen LogP contribution in [0, 0.1) is 72.5 Å². The Hall–Kier alpha value is -4.40. The lowest BCUT2D eigenvalue weighted by molar-refractivity contribution is -0.144. The molecule has 9 heterocycles. The number of rotatable bonds is 10. The number of thiazole rings is 3. The van der Waals surface area contributed by atoms with Crippen molar-refractivity contribution >= 4 is 104 Å². The highest BCUT2D eigenvalue weighted by Gasteiger charge is 2.57. The number of carbonyl (C=O) groups is 6. The van der Waals surface area contributed by atoms with E-state index in [2.05, 4.69) is 126 Å². The maximum absolute atomic E-state index is 14.1. The van der Waals surface area contributed by atoms with Crippen LogP contribution in [-0.2, 0) is 51.8 Å². The largest absolute Gasteiger partial charge is 0.413 e. The number of aryl methyl sites for hydroxylation is 3. The number of hydrogen-bond acceptors (Lipinski definition) is 21. The van der Waals surface area contributed by atoms with Gasteiger partial charge in [-0.3, -0.25) is 28.8 Å². The predicted molar refractivity (Wildman–Crippen MR) is 486 cm³/mol. The molecule has 7 N–H and O–H groups in total. The summed E-state index contributed by atoms with van der Waals surface area (Å²) >= 11 is 4.78. The van der Waals surface area contributed by atoms with Crippen molar-refractivity contribution in [3.8, 4) is 0 Å². The molecule has 9 rings (SSSR count). The van der Waals surface area contributed by atoms with Crippen LogP contribution in [0.3, 0.4) is 0 Å². The molecule has 0 bridgehead atoms. The summed E-state index contributed by atoms with van der Waals surface area (Å²) in [5.74, 6) is -2.66. The molecular weight excluding hydrogens is 1590 g/mol. The number of ketones is 3. The number of epoxide rings is 3. The lowest BCUT2D eigenvalue weighted by Gasteiger charge is -2.44. The minimum absolute atomic E-state index is 0.00183. The molecule has 672 valence electrons. The Balaban J connectivity index is 0.000000247. The minimum atomic E-state index is -2.35. The second-order valence-electron chi connectivity index (χ2n) is 41.9. The molecule has 0 aromatic carbocycles. The first-order valence-electron chi connectivity index (χ1n) is 44.0. The summed E-state index contributed by atoms with van der Waals surface area (Å²) in [6, 6.07) is -0.758. The predicted octanol–water partition coefficient (Wildman–Crippen LogP) is 18.2. The molecule has 21 atom stereocenters. The van der Waals surface area contributed by atoms with E-state index in [0.29, 0.717) is 19.3 Å². The second kappa shape index (κ2) is 40.1. The van der Waals surface area contributed by atoms with E-state index in [4.69, 9.17) is 23.1 Å². The summed E-state index contributed by atoms with van der Waals surface area (Å²) in [6.45, 7) is 62.5. The van der Waals surface area contributed by atoms with Crippen LogP contribution in [0.5, 0.6) is 0 Å². The Bertz CT molecular complexity index is 4070. The van der Waals surface area contributed by atoms with Crippen molar-refractivity contribution in [1.29, 1.82) is 0 Å². The number of aromatic nitrogens is 3. The Morgan fingerprint density at radius 2 is 0.739 bits per heavy atom. The van der Waals surface area contributed by atoms with Gasteiger partial charge in [0.25, 0.3) is 0 Å². The number of fused-ring (bicyclic) bond motifs is 3. The number of carbonyl (C=O) groups excluding carboxylic acids is 6. The molecule has 0 saturated carbocycles. The fourth-order valence-electron chi connectivity index (χ4n) is 17.0. The highest BCUT2D eigenvalue weighted by molar-refractivity contribution is 7.10. The molecular formula is C93H154N6O15S3Si2. The van der Waals surface area contributed by atoms with Gasteiger partial charge in [-0.25, -0.2) is 15.0 Å². The molecule has 0 spiro atoms. The summed E-state index contributed by atoms with van der Waals surface area (Å²) in [6.07, 6.45) is 11.0. The van der Waals surface area contributed by atoms with Gasteiger partial charge >= 0.3 is 0 Å². The van der Waals surface area contributed by atoms with E-state index in [1.165, 1.54) is 0 Å². The van der Waals surface area contributed by atoms with Gasteiger partial charge in [0.2, 0.25) is 17.7 Å². The third-order valence-corrected chi connectivity index (χ3v) is 39.9. The number of amides is 3. The number of hydrogen-bond donors (Lipinski definition) is 7. The summed E-state index contributed by atoms with van der Waals surface area (Å²) < 4.78 is 32.4. The second-order valence-corrected chi connectivity index (χ2v) is 54.6. The van der Waals surface area contributed by atoms with Gasteiger partial charge in [-0.15, -0.1) is 34.0 Å². The molecule has 6 saturated heterocycles. The zero-order chi connectivity index (χ0) is 89.8. The van der Waals surface area contributed by atoms with E-state index in [1.54, 1.807) is 68.6 Å². The van der Waals surface area contributed by atoms with Crippen LogP contribution in [0.25, 0.3) is 18.2 Å². The third-order valence-electron chi connectivity index (χ3n) is 28.6. The van der Waals surface area contributed by atoms with E-state index in [0.717, 1.165) is 107 Å². The Morgan fingerprint density at radius 1 is 0.454 bits per heavy atom. The molecule has 119 heavy (non-hydrogen) atoms. The molecule has 26 heteroatoms. The van der Waals surface area contributed by atoms with Crippen molar-refractivity contribution in [2.45, 2.75) is 409 Å². The van der Waals surface area contributed by atoms with Crippen LogP contribution in [-0.4, -0.2) is 177 Å². The SMILES string of the molecule is C/C(=C\c1csc(C)n1)[C@@H]1C[C@@H]2O[C@]2(C)CCC[C@H](C)[C@H](O)[C@@H](C)C(=O)C(C)(C)[C@@H](O)CC(=O)N1.C/C(=C\c1csc(C)n1)[C@@H]1C[C@@H]2O[C@]2(C)CCC[C@H](C)[C@H](O)[C@@H](C)C(=O)C(C)(C)[C@@H](O[Si](C)(C)C(C)(C)C)CC(=O)N1.C/C(=C\c1csc(C)n1)[C@@H]1C[C@@H]2O[C@]2(C)CCC[C@H](C)[C@H](O[Si](C)(C)C(C)(C)C)[C@@H](C)C(=O)C(C)(C)[C@@H](O)CC(=O)N1. The van der Waals surface area contributed by atoms with E-state index in [-0.39, 0.29) is 142 Å². The standard InChI is InChI=1S/2C33H56N2O5SSi.C27H42N2O5S/c1-20-14-13-15-33(10)27(39-33)17-25(21(2)16-24-19-41-23(4)34-24)35-28(36)18-26(40-42(11,12)31(5,6)7)32(8,9)30(38)22(3)29(20)37;1-20-14-13-15-33(10)27(39-33)17-25(21(2)16-24-19-41-23(4)34-24)35-28(37)18-26(36)32(8,9)30(38)22(3)29(20)40-42(11,12)31(5,6)7;1-15-9-8-10-27(7)22(34-27)12-20(16(2)11-19-14-35-18(4)28-19)29-23(31)13-21(30)26(5,6)25(33)17(3)24(15)32/h16,19-20,22,25-27,29,37H,13-15,17-18H2,1-12H3,(H,35,36);16,19-20,22,25-27,29,36H,13-15,17-18H2,1-12H3,(H,35,37);11,14-15,17,20-22,24,30,32H,8-10,12-13H2,1-7H3,(H,29,31)/b2*21-16+;16-11+/t2*20-,22+,25-,26-,27-,29-,33+;15-,17+,20-,21-,22-,24-,27+/m000/s1. The minimum Gasteiger partial charge on any atom is -0.413 e. The van der Waals surface area contributed by atoms with E-state index >= 15 is 0 Å². The summed E-state index contributed by atoms with van der Waals surface area (Å²) in [5, 5.41) is 62.7. The molecule has 0 aliphatic carbocycles. The molecule has 6 fully saturated rings. The molecule has 3 aromatic rings. The quantitative estimate of drug-likeness (QED) is 0.0732. The summed E-state index contributed by atoms with van der Waals surface area (Å²) in [7, 11) is -4.53. The van der Waals surface area contributed by atoms with Gasteiger partial charge < -0.3 is 59.4 Å². The molecule has 21 nitrogen and oxygen atoms in total. The lowest BCUT2D eigenvalue weighted by Crippen LogP contribution is -2.53. The first-order chi connectivity index (χ1) is 54.6. The molecule has 3 amide bonds. The fourth-order valence-corrected chi connectivity index (χ4v) is 21.6. The molecule has 0 unspecified atom stereocenters. The molecule has 6 aliphatic heterocycles. The van der Waals surface area contributed by atoms with Gasteiger partial charge in [0, 0.05) is 58.6 Å². The van der Waals surface area contributed by atoms with Crippen molar-refractivity contribution < 1.29 is 72.3 Å².